The average Bonchev–Trinajstić information content (AvgIpc) is 3.01. The highest BCUT2D eigenvalue weighted by Crippen LogP contribution is 2.15. The molecule has 0 aliphatic rings. The first-order valence-corrected chi connectivity index (χ1v) is 7.39. The van der Waals surface area contributed by atoms with Gasteiger partial charge in [-0.3, -0.25) is 4.79 Å². The Morgan fingerprint density at radius 3 is 2.88 bits per heavy atom. The van der Waals surface area contributed by atoms with Crippen molar-refractivity contribution in [2.24, 2.45) is 7.05 Å². The summed E-state index contributed by atoms with van der Waals surface area (Å²) in [4.78, 5) is 19.8. The number of carbonyl (C=O) groups is 1. The molecule has 8 nitrogen and oxygen atoms in total. The molecule has 2 heterocycles. The van der Waals surface area contributed by atoms with Crippen molar-refractivity contribution in [2.75, 3.05) is 12.4 Å². The first-order valence-electron chi connectivity index (χ1n) is 7.39. The first-order chi connectivity index (χ1) is 11.7. The van der Waals surface area contributed by atoms with E-state index in [2.05, 4.69) is 30.8 Å². The predicted octanol–water partition coefficient (Wildman–Crippen LogP) is 1.24. The van der Waals surface area contributed by atoms with Crippen LogP contribution in [0.25, 0.3) is 11.5 Å². The number of benzene rings is 1. The minimum absolute atomic E-state index is 0.122. The zero-order chi connectivity index (χ0) is 16.9. The maximum Gasteiger partial charge on any atom is 0.251 e. The number of aromatic nitrogens is 5. The van der Waals surface area contributed by atoms with Crippen LogP contribution in [-0.2, 0) is 13.6 Å². The number of carbonyl (C=O) groups excluding carboxylic acids is 1. The fourth-order valence-corrected chi connectivity index (χ4v) is 2.26. The summed E-state index contributed by atoms with van der Waals surface area (Å²) in [5, 5.41) is 14.2. The highest BCUT2D eigenvalue weighted by Gasteiger charge is 2.11. The van der Waals surface area contributed by atoms with Crippen LogP contribution in [0.15, 0.2) is 42.9 Å². The molecule has 0 radical (unpaired) electrons. The molecule has 3 aromatic rings. The third kappa shape index (κ3) is 3.22. The van der Waals surface area contributed by atoms with Gasteiger partial charge < -0.3 is 15.2 Å². The molecule has 0 aliphatic heterocycles. The Labute approximate surface area is 139 Å². The zero-order valence-electron chi connectivity index (χ0n) is 13.4. The van der Waals surface area contributed by atoms with E-state index in [1.807, 2.05) is 23.7 Å². The molecule has 0 spiro atoms. The number of rotatable bonds is 5. The lowest BCUT2D eigenvalue weighted by Crippen LogP contribution is -2.17. The van der Waals surface area contributed by atoms with Crippen molar-refractivity contribution in [2.45, 2.75) is 6.54 Å². The summed E-state index contributed by atoms with van der Waals surface area (Å²) in [5.41, 5.74) is 2.15. The monoisotopic (exact) mass is 323 g/mol. The Hall–Kier alpha value is -3.29. The molecule has 2 aromatic heterocycles. The molecular formula is C16H17N7O. The average molecular weight is 323 g/mol. The van der Waals surface area contributed by atoms with Crippen LogP contribution < -0.4 is 10.6 Å². The lowest BCUT2D eigenvalue weighted by molar-refractivity contribution is 0.0963. The Kier molecular flexibility index (Phi) is 4.46. The Morgan fingerprint density at radius 1 is 1.25 bits per heavy atom. The van der Waals surface area contributed by atoms with E-state index in [1.165, 1.54) is 6.33 Å². The molecule has 8 heteroatoms. The molecule has 0 bridgehead atoms. The van der Waals surface area contributed by atoms with Crippen LogP contribution in [0.4, 0.5) is 5.69 Å². The number of hydrogen-bond donors (Lipinski definition) is 2. The van der Waals surface area contributed by atoms with E-state index in [-0.39, 0.29) is 5.91 Å². The van der Waals surface area contributed by atoms with Gasteiger partial charge in [0.15, 0.2) is 11.6 Å². The van der Waals surface area contributed by atoms with Crippen LogP contribution >= 0.6 is 0 Å². The van der Waals surface area contributed by atoms with Gasteiger partial charge in [-0.15, -0.1) is 10.2 Å². The van der Waals surface area contributed by atoms with Gasteiger partial charge >= 0.3 is 0 Å². The molecule has 2 N–H and O–H groups in total. The maximum absolute atomic E-state index is 11.7. The van der Waals surface area contributed by atoms with Crippen molar-refractivity contribution in [1.82, 2.24) is 30.0 Å². The fourth-order valence-electron chi connectivity index (χ4n) is 2.26. The first kappa shape index (κ1) is 15.6. The highest BCUT2D eigenvalue weighted by atomic mass is 16.1. The summed E-state index contributed by atoms with van der Waals surface area (Å²) in [6.45, 7) is 0.478. The maximum atomic E-state index is 11.7. The Balaban J connectivity index is 1.74. The third-order valence-electron chi connectivity index (χ3n) is 3.58. The summed E-state index contributed by atoms with van der Waals surface area (Å²) in [6.07, 6.45) is 3.14. The van der Waals surface area contributed by atoms with Crippen molar-refractivity contribution in [3.05, 3.63) is 54.2 Å². The van der Waals surface area contributed by atoms with Crippen molar-refractivity contribution < 1.29 is 4.79 Å². The molecule has 0 unspecified atom stereocenters. The van der Waals surface area contributed by atoms with Gasteiger partial charge in [0.25, 0.3) is 5.91 Å². The van der Waals surface area contributed by atoms with Gasteiger partial charge in [0, 0.05) is 31.5 Å². The zero-order valence-corrected chi connectivity index (χ0v) is 13.4. The second-order valence-electron chi connectivity index (χ2n) is 5.11. The SMILES string of the molecule is CNC(=O)c1cccc(NCc2nnc(-c3ccncn3)n2C)c1. The number of hydrogen-bond acceptors (Lipinski definition) is 6. The molecule has 0 saturated heterocycles. The second kappa shape index (κ2) is 6.86. The number of anilines is 1. The van der Waals surface area contributed by atoms with E-state index < -0.39 is 0 Å². The third-order valence-corrected chi connectivity index (χ3v) is 3.58. The number of nitrogens with zero attached hydrogens (tertiary/aromatic N) is 5. The fraction of sp³-hybridized carbons (Fsp3) is 0.188. The summed E-state index contributed by atoms with van der Waals surface area (Å²) >= 11 is 0. The van der Waals surface area contributed by atoms with Crippen molar-refractivity contribution in [3.63, 3.8) is 0 Å². The number of nitrogens with one attached hydrogen (secondary N) is 2. The lowest BCUT2D eigenvalue weighted by atomic mass is 10.2. The van der Waals surface area contributed by atoms with E-state index in [0.717, 1.165) is 11.5 Å². The normalized spacial score (nSPS) is 10.4. The molecule has 0 atom stereocenters. The van der Waals surface area contributed by atoms with E-state index in [1.54, 1.807) is 31.4 Å². The topological polar surface area (TPSA) is 97.6 Å². The quantitative estimate of drug-likeness (QED) is 0.733. The molecule has 1 amide bonds. The Bertz CT molecular complexity index is 845. The van der Waals surface area contributed by atoms with Gasteiger partial charge in [0.05, 0.1) is 6.54 Å². The smallest absolute Gasteiger partial charge is 0.251 e. The Morgan fingerprint density at radius 2 is 2.12 bits per heavy atom. The van der Waals surface area contributed by atoms with Crippen LogP contribution in [0, 0.1) is 0 Å². The van der Waals surface area contributed by atoms with Gasteiger partial charge in [-0.2, -0.15) is 0 Å². The van der Waals surface area contributed by atoms with E-state index in [9.17, 15) is 4.79 Å². The van der Waals surface area contributed by atoms with Gasteiger partial charge in [-0.1, -0.05) is 6.07 Å². The standard InChI is InChI=1S/C16H17N7O/c1-17-16(24)11-4-3-5-12(8-11)19-9-14-21-22-15(23(14)2)13-6-7-18-10-20-13/h3-8,10,19H,9H2,1-2H3,(H,17,24). The summed E-state index contributed by atoms with van der Waals surface area (Å²) < 4.78 is 1.87. The minimum atomic E-state index is -0.122. The highest BCUT2D eigenvalue weighted by molar-refractivity contribution is 5.94. The molecule has 1 aromatic carbocycles. The van der Waals surface area contributed by atoms with Crippen molar-refractivity contribution in [1.29, 1.82) is 0 Å². The van der Waals surface area contributed by atoms with Gasteiger partial charge in [-0.25, -0.2) is 9.97 Å². The van der Waals surface area contributed by atoms with Crippen LogP contribution in [0.3, 0.4) is 0 Å². The van der Waals surface area contributed by atoms with Gasteiger partial charge in [-0.05, 0) is 24.3 Å². The predicted molar refractivity (Wildman–Crippen MR) is 89.2 cm³/mol. The van der Waals surface area contributed by atoms with Crippen LogP contribution in [0.1, 0.15) is 16.2 Å². The van der Waals surface area contributed by atoms with E-state index in [4.69, 9.17) is 0 Å². The van der Waals surface area contributed by atoms with Crippen LogP contribution in [0.2, 0.25) is 0 Å². The van der Waals surface area contributed by atoms with Crippen molar-refractivity contribution in [3.8, 4) is 11.5 Å². The molecule has 0 aliphatic carbocycles. The van der Waals surface area contributed by atoms with Gasteiger partial charge in [0.2, 0.25) is 0 Å². The lowest BCUT2D eigenvalue weighted by Gasteiger charge is -2.08. The summed E-state index contributed by atoms with van der Waals surface area (Å²) in [7, 11) is 3.49. The molecule has 0 saturated carbocycles. The molecule has 122 valence electrons. The van der Waals surface area contributed by atoms with Gasteiger partial charge in [0.1, 0.15) is 12.0 Å². The van der Waals surface area contributed by atoms with Crippen LogP contribution in [0.5, 0.6) is 0 Å². The second-order valence-corrected chi connectivity index (χ2v) is 5.11. The van der Waals surface area contributed by atoms with Crippen molar-refractivity contribution >= 4 is 11.6 Å². The molecule has 3 rings (SSSR count). The summed E-state index contributed by atoms with van der Waals surface area (Å²) in [6, 6.07) is 9.07. The largest absolute Gasteiger partial charge is 0.378 e. The molecule has 24 heavy (non-hydrogen) atoms. The summed E-state index contributed by atoms with van der Waals surface area (Å²) in [5.74, 6) is 1.31. The van der Waals surface area contributed by atoms with Crippen LogP contribution in [-0.4, -0.2) is 37.7 Å². The minimum Gasteiger partial charge on any atom is -0.378 e. The molecular weight excluding hydrogens is 306 g/mol. The van der Waals surface area contributed by atoms with E-state index >= 15 is 0 Å². The van der Waals surface area contributed by atoms with E-state index in [0.29, 0.717) is 23.6 Å². The number of amides is 1. The molecule has 0 fully saturated rings.